The molecule has 1 heterocycles. The average Bonchev–Trinajstić information content (AvgIpc) is 2.09. The van der Waals surface area contributed by atoms with Crippen LogP contribution in [-0.4, -0.2) is 17.2 Å². The summed E-state index contributed by atoms with van der Waals surface area (Å²) in [5, 5.41) is 9.49. The molecule has 0 amide bonds. The Morgan fingerprint density at radius 2 is 2.31 bits per heavy atom. The van der Waals surface area contributed by atoms with Crippen LogP contribution in [0, 0.1) is 6.92 Å². The van der Waals surface area contributed by atoms with E-state index < -0.39 is 6.10 Å². The SMILES string of the molecule is COc1nc(C)c(Br)c2c1C(O)C2. The van der Waals surface area contributed by atoms with Gasteiger partial charge in [-0.3, -0.25) is 0 Å². The Balaban J connectivity index is 2.62. The summed E-state index contributed by atoms with van der Waals surface area (Å²) in [6, 6.07) is 0. The first kappa shape index (κ1) is 8.97. The van der Waals surface area contributed by atoms with Gasteiger partial charge in [0.05, 0.1) is 18.9 Å². The number of ether oxygens (including phenoxy) is 1. The van der Waals surface area contributed by atoms with E-state index >= 15 is 0 Å². The second-order valence-electron chi connectivity index (χ2n) is 3.13. The van der Waals surface area contributed by atoms with E-state index in [1.54, 1.807) is 7.11 Å². The zero-order chi connectivity index (χ0) is 9.59. The van der Waals surface area contributed by atoms with Crippen molar-refractivity contribution in [2.24, 2.45) is 0 Å². The van der Waals surface area contributed by atoms with Crippen molar-refractivity contribution in [3.63, 3.8) is 0 Å². The molecule has 3 nitrogen and oxygen atoms in total. The second kappa shape index (κ2) is 2.96. The number of hydrogen-bond acceptors (Lipinski definition) is 3. The summed E-state index contributed by atoms with van der Waals surface area (Å²) >= 11 is 3.44. The predicted octanol–water partition coefficient (Wildman–Crippen LogP) is 1.75. The molecule has 1 aliphatic carbocycles. The molecule has 0 aromatic carbocycles. The predicted molar refractivity (Wildman–Crippen MR) is 51.9 cm³/mol. The van der Waals surface area contributed by atoms with Gasteiger partial charge in [-0.15, -0.1) is 0 Å². The Morgan fingerprint density at radius 1 is 1.62 bits per heavy atom. The molecule has 1 aliphatic rings. The van der Waals surface area contributed by atoms with Crippen LogP contribution in [0.1, 0.15) is 22.9 Å². The fourth-order valence-electron chi connectivity index (χ4n) is 1.59. The molecule has 4 heteroatoms. The number of methoxy groups -OCH3 is 1. The number of halogens is 1. The summed E-state index contributed by atoms with van der Waals surface area (Å²) in [5.41, 5.74) is 2.86. The summed E-state index contributed by atoms with van der Waals surface area (Å²) in [6.07, 6.45) is 0.282. The molecule has 0 fully saturated rings. The Labute approximate surface area is 84.9 Å². The zero-order valence-electron chi connectivity index (χ0n) is 7.47. The van der Waals surface area contributed by atoms with Gasteiger partial charge in [-0.25, -0.2) is 4.98 Å². The molecular formula is C9H10BrNO2. The quantitative estimate of drug-likeness (QED) is 0.818. The van der Waals surface area contributed by atoms with Crippen molar-refractivity contribution < 1.29 is 9.84 Å². The number of fused-ring (bicyclic) bond motifs is 1. The van der Waals surface area contributed by atoms with Crippen LogP contribution >= 0.6 is 15.9 Å². The van der Waals surface area contributed by atoms with Gasteiger partial charge in [0.1, 0.15) is 0 Å². The number of hydrogen-bond donors (Lipinski definition) is 1. The van der Waals surface area contributed by atoms with E-state index in [1.165, 1.54) is 0 Å². The second-order valence-corrected chi connectivity index (χ2v) is 3.93. The van der Waals surface area contributed by atoms with Crippen LogP contribution in [0.25, 0.3) is 0 Å². The van der Waals surface area contributed by atoms with E-state index in [2.05, 4.69) is 20.9 Å². The highest BCUT2D eigenvalue weighted by molar-refractivity contribution is 9.10. The van der Waals surface area contributed by atoms with Crippen molar-refractivity contribution in [1.29, 1.82) is 0 Å². The summed E-state index contributed by atoms with van der Waals surface area (Å²) in [6.45, 7) is 1.91. The highest BCUT2D eigenvalue weighted by Crippen LogP contribution is 2.43. The molecule has 70 valence electrons. The van der Waals surface area contributed by atoms with Crippen molar-refractivity contribution in [3.05, 3.63) is 21.3 Å². The maximum atomic E-state index is 9.49. The average molecular weight is 244 g/mol. The Kier molecular flexibility index (Phi) is 2.04. The van der Waals surface area contributed by atoms with Crippen LogP contribution in [0.4, 0.5) is 0 Å². The molecule has 1 atom stereocenters. The minimum Gasteiger partial charge on any atom is -0.481 e. The summed E-state index contributed by atoms with van der Waals surface area (Å²) < 4.78 is 6.09. The Hall–Kier alpha value is -0.610. The topological polar surface area (TPSA) is 42.4 Å². The number of aromatic nitrogens is 1. The highest BCUT2D eigenvalue weighted by atomic mass is 79.9. The molecule has 0 saturated carbocycles. The normalized spacial score (nSPS) is 19.2. The van der Waals surface area contributed by atoms with Crippen LogP contribution in [0.3, 0.4) is 0 Å². The van der Waals surface area contributed by atoms with Crippen molar-refractivity contribution in [1.82, 2.24) is 4.98 Å². The molecule has 0 aliphatic heterocycles. The zero-order valence-corrected chi connectivity index (χ0v) is 9.05. The van der Waals surface area contributed by atoms with Crippen LogP contribution in [0.2, 0.25) is 0 Å². The van der Waals surface area contributed by atoms with Crippen molar-refractivity contribution in [2.75, 3.05) is 7.11 Å². The van der Waals surface area contributed by atoms with E-state index in [0.29, 0.717) is 12.3 Å². The van der Waals surface area contributed by atoms with E-state index in [-0.39, 0.29) is 0 Å². The molecule has 1 aromatic rings. The standard InChI is InChI=1S/C9H10BrNO2/c1-4-8(10)5-3-6(12)7(5)9(11-4)13-2/h6,12H,3H2,1-2H3. The lowest BCUT2D eigenvalue weighted by atomic mass is 9.86. The summed E-state index contributed by atoms with van der Waals surface area (Å²) in [7, 11) is 1.57. The maximum Gasteiger partial charge on any atom is 0.219 e. The van der Waals surface area contributed by atoms with Crippen molar-refractivity contribution in [2.45, 2.75) is 19.4 Å². The minimum absolute atomic E-state index is 0.408. The number of aryl methyl sites for hydroxylation is 1. The smallest absolute Gasteiger partial charge is 0.219 e. The molecular weight excluding hydrogens is 234 g/mol. The third-order valence-corrected chi connectivity index (χ3v) is 3.38. The molecule has 1 N–H and O–H groups in total. The van der Waals surface area contributed by atoms with Crippen LogP contribution in [-0.2, 0) is 6.42 Å². The third-order valence-electron chi connectivity index (χ3n) is 2.33. The molecule has 0 bridgehead atoms. The summed E-state index contributed by atoms with van der Waals surface area (Å²) in [4.78, 5) is 4.22. The number of pyridine rings is 1. The third kappa shape index (κ3) is 1.16. The van der Waals surface area contributed by atoms with Gasteiger partial charge in [0.25, 0.3) is 0 Å². The van der Waals surface area contributed by atoms with Gasteiger partial charge < -0.3 is 9.84 Å². The van der Waals surface area contributed by atoms with Gasteiger partial charge >= 0.3 is 0 Å². The molecule has 2 rings (SSSR count). The first-order chi connectivity index (χ1) is 6.15. The van der Waals surface area contributed by atoms with E-state index in [1.807, 2.05) is 6.92 Å². The van der Waals surface area contributed by atoms with Crippen molar-refractivity contribution >= 4 is 15.9 Å². The minimum atomic E-state index is -0.408. The molecule has 13 heavy (non-hydrogen) atoms. The molecule has 1 unspecified atom stereocenters. The van der Waals surface area contributed by atoms with Gasteiger partial charge in [-0.05, 0) is 28.4 Å². The monoisotopic (exact) mass is 243 g/mol. The fourth-order valence-corrected chi connectivity index (χ4v) is 2.05. The first-order valence-corrected chi connectivity index (χ1v) is 4.85. The number of rotatable bonds is 1. The highest BCUT2D eigenvalue weighted by Gasteiger charge is 2.32. The maximum absolute atomic E-state index is 9.49. The molecule has 0 radical (unpaired) electrons. The lowest BCUT2D eigenvalue weighted by Crippen LogP contribution is -2.20. The van der Waals surface area contributed by atoms with Gasteiger partial charge in [0.15, 0.2) is 0 Å². The largest absolute Gasteiger partial charge is 0.481 e. The van der Waals surface area contributed by atoms with Gasteiger partial charge in [0.2, 0.25) is 5.88 Å². The van der Waals surface area contributed by atoms with Crippen LogP contribution in [0.15, 0.2) is 4.47 Å². The lowest BCUT2D eigenvalue weighted by molar-refractivity contribution is 0.146. The molecule has 0 spiro atoms. The molecule has 1 aromatic heterocycles. The molecule has 0 saturated heterocycles. The van der Waals surface area contributed by atoms with Crippen LogP contribution < -0.4 is 4.74 Å². The number of aliphatic hydroxyl groups is 1. The van der Waals surface area contributed by atoms with E-state index in [9.17, 15) is 5.11 Å². The lowest BCUT2D eigenvalue weighted by Gasteiger charge is -2.28. The van der Waals surface area contributed by atoms with Gasteiger partial charge in [0, 0.05) is 16.5 Å². The summed E-state index contributed by atoms with van der Waals surface area (Å²) in [5.74, 6) is 0.550. The van der Waals surface area contributed by atoms with Gasteiger partial charge in [-0.2, -0.15) is 0 Å². The van der Waals surface area contributed by atoms with Crippen molar-refractivity contribution in [3.8, 4) is 5.88 Å². The Bertz CT molecular complexity index is 365. The first-order valence-electron chi connectivity index (χ1n) is 4.06. The fraction of sp³-hybridized carbons (Fsp3) is 0.444. The van der Waals surface area contributed by atoms with Crippen LogP contribution in [0.5, 0.6) is 5.88 Å². The number of nitrogens with zero attached hydrogens (tertiary/aromatic N) is 1. The van der Waals surface area contributed by atoms with E-state index in [4.69, 9.17) is 4.74 Å². The number of aliphatic hydroxyl groups excluding tert-OH is 1. The Morgan fingerprint density at radius 3 is 2.85 bits per heavy atom. The van der Waals surface area contributed by atoms with E-state index in [0.717, 1.165) is 21.3 Å². The van der Waals surface area contributed by atoms with Gasteiger partial charge in [-0.1, -0.05) is 0 Å².